The van der Waals surface area contributed by atoms with Gasteiger partial charge in [0.2, 0.25) is 0 Å². The summed E-state index contributed by atoms with van der Waals surface area (Å²) < 4.78 is 0. The molecule has 0 bridgehead atoms. The molecule has 0 aliphatic carbocycles. The molecule has 3 heteroatoms. The second kappa shape index (κ2) is 15.7. The molecule has 0 saturated carbocycles. The van der Waals surface area contributed by atoms with Crippen molar-refractivity contribution in [2.45, 2.75) is 19.8 Å². The van der Waals surface area contributed by atoms with Gasteiger partial charge in [-0.2, -0.15) is 0 Å². The SMILES string of the molecule is CCCCO.[Ta].[Ta]. The van der Waals surface area contributed by atoms with Crippen molar-refractivity contribution in [3.8, 4) is 0 Å². The molecule has 0 rings (SSSR count). The predicted molar refractivity (Wildman–Crippen MR) is 22.0 cm³/mol. The van der Waals surface area contributed by atoms with Gasteiger partial charge in [-0.1, -0.05) is 13.3 Å². The molecule has 0 aliphatic heterocycles. The summed E-state index contributed by atoms with van der Waals surface area (Å²) in [6.07, 6.45) is 2.04. The molecule has 0 unspecified atom stereocenters. The van der Waals surface area contributed by atoms with E-state index in [4.69, 9.17) is 5.11 Å². The molecule has 1 nitrogen and oxygen atoms in total. The standard InChI is InChI=1S/C4H10O.2Ta/c1-2-3-4-5;;/h5H,2-4H2,1H3;;. The monoisotopic (exact) mass is 436 g/mol. The van der Waals surface area contributed by atoms with E-state index >= 15 is 0 Å². The molecule has 0 amide bonds. The fourth-order valence-electron chi connectivity index (χ4n) is 0.158. The molecule has 2 radical (unpaired) electrons. The first kappa shape index (κ1) is 15.8. The Bertz CT molecular complexity index is 17.2. The van der Waals surface area contributed by atoms with Gasteiger partial charge in [0.1, 0.15) is 0 Å². The van der Waals surface area contributed by atoms with Crippen LogP contribution in [0.5, 0.6) is 0 Å². The van der Waals surface area contributed by atoms with Gasteiger partial charge < -0.3 is 5.11 Å². The van der Waals surface area contributed by atoms with Crippen LogP contribution in [0.4, 0.5) is 0 Å². The Labute approximate surface area is 75.9 Å². The fraction of sp³-hybridized carbons (Fsp3) is 1.00. The predicted octanol–water partition coefficient (Wildman–Crippen LogP) is 0.774. The average molecular weight is 436 g/mol. The van der Waals surface area contributed by atoms with E-state index < -0.39 is 0 Å². The van der Waals surface area contributed by atoms with Gasteiger partial charge in [-0.15, -0.1) is 0 Å². The maximum atomic E-state index is 8.07. The van der Waals surface area contributed by atoms with Crippen molar-refractivity contribution in [3.05, 3.63) is 0 Å². The van der Waals surface area contributed by atoms with Crippen molar-refractivity contribution < 1.29 is 49.9 Å². The van der Waals surface area contributed by atoms with Crippen LogP contribution in [0.2, 0.25) is 0 Å². The maximum absolute atomic E-state index is 8.07. The molecule has 0 aromatic carbocycles. The maximum Gasteiger partial charge on any atom is 0.0430 e. The molecule has 0 aromatic heterocycles. The summed E-state index contributed by atoms with van der Waals surface area (Å²) in [6, 6.07) is 0. The Kier molecular flexibility index (Phi) is 35.3. The Morgan fingerprint density at radius 1 is 1.29 bits per heavy atom. The number of unbranched alkanes of at least 4 members (excludes halogenated alkanes) is 1. The first-order chi connectivity index (χ1) is 2.41. The van der Waals surface area contributed by atoms with Crippen LogP contribution in [-0.2, 0) is 44.8 Å². The topological polar surface area (TPSA) is 20.2 Å². The molecule has 0 atom stereocenters. The molecule has 0 aromatic rings. The van der Waals surface area contributed by atoms with E-state index in [9.17, 15) is 0 Å². The Morgan fingerprint density at radius 2 is 1.71 bits per heavy atom. The van der Waals surface area contributed by atoms with Crippen molar-refractivity contribution in [2.75, 3.05) is 6.61 Å². The van der Waals surface area contributed by atoms with Crippen LogP contribution in [0.15, 0.2) is 0 Å². The quantitative estimate of drug-likeness (QED) is 0.679. The smallest absolute Gasteiger partial charge is 0.0430 e. The number of hydrogen-bond acceptors (Lipinski definition) is 1. The zero-order valence-electron chi connectivity index (χ0n) is 4.46. The third kappa shape index (κ3) is 18.6. The summed E-state index contributed by atoms with van der Waals surface area (Å²) in [5, 5.41) is 8.07. The minimum Gasteiger partial charge on any atom is -0.396 e. The molecule has 42 valence electrons. The van der Waals surface area contributed by atoms with Crippen LogP contribution in [0.3, 0.4) is 0 Å². The summed E-state index contributed by atoms with van der Waals surface area (Å²) in [4.78, 5) is 0. The normalized spacial score (nSPS) is 6.00. The first-order valence-corrected chi connectivity index (χ1v) is 2.02. The number of rotatable bonds is 2. The van der Waals surface area contributed by atoms with E-state index in [2.05, 4.69) is 6.92 Å². The molecule has 1 N–H and O–H groups in total. The number of aliphatic hydroxyl groups excluding tert-OH is 1. The summed E-state index contributed by atoms with van der Waals surface area (Å²) in [5.74, 6) is 0. The van der Waals surface area contributed by atoms with E-state index in [0.717, 1.165) is 12.8 Å². The second-order valence-electron chi connectivity index (χ2n) is 1.08. The minimum absolute atomic E-state index is 0. The van der Waals surface area contributed by atoms with Gasteiger partial charge in [0.15, 0.2) is 0 Å². The Balaban J connectivity index is -0.0000000800. The average Bonchev–Trinajstić information content (AvgIpc) is 1.41. The van der Waals surface area contributed by atoms with Crippen molar-refractivity contribution in [1.29, 1.82) is 0 Å². The minimum atomic E-state index is 0. The molecule has 0 saturated heterocycles. The zero-order valence-corrected chi connectivity index (χ0v) is 10.9. The third-order valence-corrected chi connectivity index (χ3v) is 0.512. The van der Waals surface area contributed by atoms with Gasteiger partial charge in [-0.25, -0.2) is 0 Å². The van der Waals surface area contributed by atoms with E-state index in [-0.39, 0.29) is 44.8 Å². The number of hydrogen-bond donors (Lipinski definition) is 1. The van der Waals surface area contributed by atoms with E-state index in [1.54, 1.807) is 0 Å². The molecular formula is C4H10OTa2. The molecule has 0 aliphatic rings. The van der Waals surface area contributed by atoms with Crippen molar-refractivity contribution in [1.82, 2.24) is 0 Å². The van der Waals surface area contributed by atoms with E-state index in [1.165, 1.54) is 0 Å². The number of aliphatic hydroxyl groups is 1. The van der Waals surface area contributed by atoms with Gasteiger partial charge in [0.05, 0.1) is 0 Å². The molecular weight excluding hydrogens is 426 g/mol. The molecule has 0 spiro atoms. The van der Waals surface area contributed by atoms with Gasteiger partial charge in [0.25, 0.3) is 0 Å². The van der Waals surface area contributed by atoms with Crippen LogP contribution < -0.4 is 0 Å². The van der Waals surface area contributed by atoms with Crippen molar-refractivity contribution in [3.63, 3.8) is 0 Å². The van der Waals surface area contributed by atoms with Crippen LogP contribution in [0.1, 0.15) is 19.8 Å². The van der Waals surface area contributed by atoms with Gasteiger partial charge in [-0.05, 0) is 6.42 Å². The summed E-state index contributed by atoms with van der Waals surface area (Å²) in [6.45, 7) is 2.40. The van der Waals surface area contributed by atoms with Crippen LogP contribution in [-0.4, -0.2) is 11.7 Å². The van der Waals surface area contributed by atoms with Gasteiger partial charge in [-0.3, -0.25) is 0 Å². The Morgan fingerprint density at radius 3 is 1.71 bits per heavy atom. The van der Waals surface area contributed by atoms with Gasteiger partial charge in [0, 0.05) is 51.4 Å². The molecule has 0 heterocycles. The molecule has 7 heavy (non-hydrogen) atoms. The van der Waals surface area contributed by atoms with Crippen molar-refractivity contribution >= 4 is 0 Å². The fourth-order valence-corrected chi connectivity index (χ4v) is 0.158. The largest absolute Gasteiger partial charge is 0.396 e. The van der Waals surface area contributed by atoms with E-state index in [1.807, 2.05) is 0 Å². The zero-order chi connectivity index (χ0) is 4.12. The van der Waals surface area contributed by atoms with Gasteiger partial charge >= 0.3 is 0 Å². The van der Waals surface area contributed by atoms with E-state index in [0.29, 0.717) is 6.61 Å². The summed E-state index contributed by atoms with van der Waals surface area (Å²) in [5.41, 5.74) is 0. The van der Waals surface area contributed by atoms with Crippen molar-refractivity contribution in [2.24, 2.45) is 0 Å². The second-order valence-corrected chi connectivity index (χ2v) is 1.08. The Hall–Kier alpha value is 1.44. The van der Waals surface area contributed by atoms with Crippen LogP contribution in [0, 0.1) is 0 Å². The van der Waals surface area contributed by atoms with Crippen LogP contribution >= 0.6 is 0 Å². The van der Waals surface area contributed by atoms with Crippen LogP contribution in [0.25, 0.3) is 0 Å². The molecule has 0 fully saturated rings. The summed E-state index contributed by atoms with van der Waals surface area (Å²) >= 11 is 0. The summed E-state index contributed by atoms with van der Waals surface area (Å²) in [7, 11) is 0. The first-order valence-electron chi connectivity index (χ1n) is 2.02. The third-order valence-electron chi connectivity index (χ3n) is 0.512.